The summed E-state index contributed by atoms with van der Waals surface area (Å²) in [5, 5.41) is 20.3. The summed E-state index contributed by atoms with van der Waals surface area (Å²) < 4.78 is 11.1. The zero-order chi connectivity index (χ0) is 15.5. The van der Waals surface area contributed by atoms with Gasteiger partial charge in [0.15, 0.2) is 0 Å². The second kappa shape index (κ2) is 6.76. The van der Waals surface area contributed by atoms with Crippen LogP contribution in [0, 0.1) is 33.3 Å². The van der Waals surface area contributed by atoms with Crippen LogP contribution < -0.4 is 0 Å². The molecular formula is C16H22N2O4. The maximum atomic E-state index is 10.8. The number of rotatable bonds is 3. The van der Waals surface area contributed by atoms with Gasteiger partial charge >= 0.3 is 0 Å². The molecule has 0 radical (unpaired) electrons. The van der Waals surface area contributed by atoms with E-state index in [2.05, 4.69) is 12.1 Å². The van der Waals surface area contributed by atoms with Crippen molar-refractivity contribution in [3.05, 3.63) is 21.8 Å². The summed E-state index contributed by atoms with van der Waals surface area (Å²) in [5.74, 6) is 0.561. The van der Waals surface area contributed by atoms with E-state index in [1.54, 1.807) is 0 Å². The average molecular weight is 306 g/mol. The van der Waals surface area contributed by atoms with Gasteiger partial charge in [0.2, 0.25) is 6.04 Å². The first-order valence-corrected chi connectivity index (χ1v) is 8.16. The van der Waals surface area contributed by atoms with Crippen LogP contribution in [0.15, 0.2) is 11.6 Å². The number of nitriles is 1. The van der Waals surface area contributed by atoms with Gasteiger partial charge in [0.1, 0.15) is 6.79 Å². The van der Waals surface area contributed by atoms with Crippen LogP contribution in [0.5, 0.6) is 0 Å². The van der Waals surface area contributed by atoms with Gasteiger partial charge < -0.3 is 9.47 Å². The molecule has 0 N–H and O–H groups in total. The lowest BCUT2D eigenvalue weighted by Gasteiger charge is -2.29. The molecule has 1 saturated heterocycles. The summed E-state index contributed by atoms with van der Waals surface area (Å²) in [7, 11) is 0. The molecule has 2 aliphatic carbocycles. The minimum absolute atomic E-state index is 0.167. The first kappa shape index (κ1) is 15.4. The molecule has 0 aromatic carbocycles. The van der Waals surface area contributed by atoms with Crippen molar-refractivity contribution in [3.63, 3.8) is 0 Å². The van der Waals surface area contributed by atoms with Gasteiger partial charge in [0, 0.05) is 23.3 Å². The molecule has 1 aliphatic heterocycles. The van der Waals surface area contributed by atoms with Crippen LogP contribution in [0.4, 0.5) is 0 Å². The van der Waals surface area contributed by atoms with Gasteiger partial charge in [0.05, 0.1) is 18.3 Å². The largest absolute Gasteiger partial charge is 0.349 e. The molecule has 22 heavy (non-hydrogen) atoms. The second-order valence-electron chi connectivity index (χ2n) is 6.63. The number of ether oxygens (including phenoxy) is 2. The second-order valence-corrected chi connectivity index (χ2v) is 6.63. The Balaban J connectivity index is 1.59. The maximum Gasteiger partial charge on any atom is 0.213 e. The number of fused-ring (bicyclic) bond motifs is 1. The maximum absolute atomic E-state index is 10.8. The standard InChI is InChI=1S/C16H22N2O4/c17-9-13(12-2-4-14(5-3-12)18(19)20)7-11-1-6-15-16(8-11)22-10-21-15/h7,11-12,14-16H,1-6,8,10H2/b13-7+/t11-,12?,14?,15+,16+/m0/s1. The lowest BCUT2D eigenvalue weighted by atomic mass is 9.78. The van der Waals surface area contributed by atoms with E-state index in [1.807, 2.05) is 0 Å². The molecular weight excluding hydrogens is 284 g/mol. The van der Waals surface area contributed by atoms with Crippen LogP contribution in [0.1, 0.15) is 44.9 Å². The molecule has 0 unspecified atom stereocenters. The molecule has 3 aliphatic rings. The Hall–Kier alpha value is -1.45. The topological polar surface area (TPSA) is 85.4 Å². The SMILES string of the molecule is N#C/C(=C\[C@@H]1CC[C@H]2OCO[C@@H]2C1)C1CCC([N+](=O)[O-])CC1. The van der Waals surface area contributed by atoms with E-state index in [1.165, 1.54) is 0 Å². The van der Waals surface area contributed by atoms with Crippen molar-refractivity contribution in [3.8, 4) is 6.07 Å². The Kier molecular flexibility index (Phi) is 4.74. The first-order valence-electron chi connectivity index (χ1n) is 8.16. The number of hydrogen-bond donors (Lipinski definition) is 0. The molecule has 6 heteroatoms. The van der Waals surface area contributed by atoms with Crippen molar-refractivity contribution in [2.75, 3.05) is 6.79 Å². The number of nitrogens with zero attached hydrogens (tertiary/aromatic N) is 2. The van der Waals surface area contributed by atoms with E-state index in [0.29, 0.717) is 25.6 Å². The first-order chi connectivity index (χ1) is 10.7. The van der Waals surface area contributed by atoms with Crippen LogP contribution >= 0.6 is 0 Å². The van der Waals surface area contributed by atoms with Crippen LogP contribution in [0.25, 0.3) is 0 Å². The fourth-order valence-electron chi connectivity index (χ4n) is 3.98. The molecule has 3 atom stereocenters. The molecule has 0 amide bonds. The lowest BCUT2D eigenvalue weighted by Crippen LogP contribution is -2.31. The van der Waals surface area contributed by atoms with Gasteiger partial charge in [-0.15, -0.1) is 0 Å². The van der Waals surface area contributed by atoms with Crippen LogP contribution in [0.2, 0.25) is 0 Å². The van der Waals surface area contributed by atoms with E-state index in [9.17, 15) is 15.4 Å². The quantitative estimate of drug-likeness (QED) is 0.454. The highest BCUT2D eigenvalue weighted by molar-refractivity contribution is 5.25. The number of nitro groups is 1. The Labute approximate surface area is 130 Å². The third-order valence-corrected chi connectivity index (χ3v) is 5.31. The van der Waals surface area contributed by atoms with Gasteiger partial charge in [0.25, 0.3) is 0 Å². The van der Waals surface area contributed by atoms with Crippen molar-refractivity contribution in [1.82, 2.24) is 0 Å². The van der Waals surface area contributed by atoms with E-state index in [-0.39, 0.29) is 23.0 Å². The van der Waals surface area contributed by atoms with Crippen molar-refractivity contribution < 1.29 is 14.4 Å². The summed E-state index contributed by atoms with van der Waals surface area (Å²) in [6.07, 6.45) is 8.11. The molecule has 0 spiro atoms. The van der Waals surface area contributed by atoms with Gasteiger partial charge in [-0.05, 0) is 43.9 Å². The summed E-state index contributed by atoms with van der Waals surface area (Å²) in [6, 6.07) is 1.92. The monoisotopic (exact) mass is 306 g/mol. The fourth-order valence-corrected chi connectivity index (χ4v) is 3.98. The zero-order valence-corrected chi connectivity index (χ0v) is 12.6. The average Bonchev–Trinajstić information content (AvgIpc) is 3.00. The van der Waals surface area contributed by atoms with E-state index in [4.69, 9.17) is 9.47 Å². The third kappa shape index (κ3) is 3.31. The fraction of sp³-hybridized carbons (Fsp3) is 0.812. The predicted octanol–water partition coefficient (Wildman–Crippen LogP) is 2.81. The molecule has 3 fully saturated rings. The summed E-state index contributed by atoms with van der Waals surface area (Å²) in [4.78, 5) is 10.6. The third-order valence-electron chi connectivity index (χ3n) is 5.31. The summed E-state index contributed by atoms with van der Waals surface area (Å²) in [6.45, 7) is 0.391. The molecule has 0 aromatic rings. The molecule has 0 bridgehead atoms. The van der Waals surface area contributed by atoms with Gasteiger partial charge in [-0.3, -0.25) is 10.1 Å². The van der Waals surface area contributed by atoms with Crippen molar-refractivity contribution in [2.45, 2.75) is 63.2 Å². The summed E-state index contributed by atoms with van der Waals surface area (Å²) in [5.41, 5.74) is 0.823. The minimum Gasteiger partial charge on any atom is -0.349 e. The van der Waals surface area contributed by atoms with Crippen LogP contribution in [-0.2, 0) is 9.47 Å². The number of hydrogen-bond acceptors (Lipinski definition) is 5. The zero-order valence-electron chi connectivity index (χ0n) is 12.6. The Morgan fingerprint density at radius 1 is 1.14 bits per heavy atom. The van der Waals surface area contributed by atoms with Crippen LogP contribution in [-0.4, -0.2) is 30.0 Å². The highest BCUT2D eigenvalue weighted by Crippen LogP contribution is 2.36. The highest BCUT2D eigenvalue weighted by atomic mass is 16.7. The van der Waals surface area contributed by atoms with E-state index >= 15 is 0 Å². The summed E-state index contributed by atoms with van der Waals surface area (Å²) >= 11 is 0. The van der Waals surface area contributed by atoms with Crippen molar-refractivity contribution in [1.29, 1.82) is 5.26 Å². The predicted molar refractivity (Wildman–Crippen MR) is 78.4 cm³/mol. The molecule has 120 valence electrons. The van der Waals surface area contributed by atoms with Crippen molar-refractivity contribution >= 4 is 0 Å². The van der Waals surface area contributed by atoms with E-state index in [0.717, 1.165) is 37.7 Å². The Bertz CT molecular complexity index is 491. The van der Waals surface area contributed by atoms with Gasteiger partial charge in [-0.25, -0.2) is 0 Å². The molecule has 1 heterocycles. The lowest BCUT2D eigenvalue weighted by molar-refractivity contribution is -0.526. The minimum atomic E-state index is -0.421. The van der Waals surface area contributed by atoms with Gasteiger partial charge in [-0.2, -0.15) is 5.26 Å². The van der Waals surface area contributed by atoms with E-state index < -0.39 is 6.04 Å². The molecule has 0 aromatic heterocycles. The number of allylic oxidation sites excluding steroid dienone is 2. The highest BCUT2D eigenvalue weighted by Gasteiger charge is 2.36. The van der Waals surface area contributed by atoms with Crippen molar-refractivity contribution in [2.24, 2.45) is 11.8 Å². The Morgan fingerprint density at radius 3 is 2.55 bits per heavy atom. The molecule has 6 nitrogen and oxygen atoms in total. The van der Waals surface area contributed by atoms with Crippen LogP contribution in [0.3, 0.4) is 0 Å². The smallest absolute Gasteiger partial charge is 0.213 e. The molecule has 3 rings (SSSR count). The van der Waals surface area contributed by atoms with Gasteiger partial charge in [-0.1, -0.05) is 6.08 Å². The molecule has 2 saturated carbocycles. The Morgan fingerprint density at radius 2 is 1.86 bits per heavy atom. The normalized spacial score (nSPS) is 39.0.